The lowest BCUT2D eigenvalue weighted by Crippen LogP contribution is -2.15. The first-order chi connectivity index (χ1) is 12.0. The molecule has 0 saturated heterocycles. The van der Waals surface area contributed by atoms with Crippen LogP contribution in [0.1, 0.15) is 23.1 Å². The van der Waals surface area contributed by atoms with Crippen molar-refractivity contribution in [2.45, 2.75) is 19.3 Å². The van der Waals surface area contributed by atoms with E-state index in [9.17, 15) is 9.18 Å². The third-order valence-electron chi connectivity index (χ3n) is 4.79. The average Bonchev–Trinajstić information content (AvgIpc) is 3.08. The Balaban J connectivity index is 2.16. The maximum atomic E-state index is 13.8. The zero-order valence-corrected chi connectivity index (χ0v) is 13.3. The van der Waals surface area contributed by atoms with Gasteiger partial charge < -0.3 is 21.9 Å². The number of aryl methyl sites for hydroxylation is 2. The Bertz CT molecular complexity index is 1100. The number of fused-ring (bicyclic) bond motifs is 3. The number of halogens is 1. The van der Waals surface area contributed by atoms with Gasteiger partial charge in [0.15, 0.2) is 0 Å². The molecule has 1 aliphatic rings. The van der Waals surface area contributed by atoms with Crippen molar-refractivity contribution in [2.24, 2.45) is 0 Å². The highest BCUT2D eigenvalue weighted by Crippen LogP contribution is 2.37. The van der Waals surface area contributed by atoms with Gasteiger partial charge in [-0.25, -0.2) is 4.39 Å². The van der Waals surface area contributed by atoms with Crippen LogP contribution in [0.4, 0.5) is 15.8 Å². The molecule has 0 fully saturated rings. The van der Waals surface area contributed by atoms with Crippen LogP contribution < -0.4 is 17.0 Å². The van der Waals surface area contributed by atoms with Gasteiger partial charge >= 0.3 is 0 Å². The number of H-pyrrole nitrogens is 1. The molecule has 1 aromatic carbocycles. The summed E-state index contributed by atoms with van der Waals surface area (Å²) in [6, 6.07) is 2.68. The third kappa shape index (κ3) is 2.12. The van der Waals surface area contributed by atoms with E-state index in [0.717, 1.165) is 36.6 Å². The van der Waals surface area contributed by atoms with Crippen LogP contribution >= 0.6 is 0 Å². The number of aromatic amines is 1. The van der Waals surface area contributed by atoms with E-state index in [0.29, 0.717) is 22.2 Å². The van der Waals surface area contributed by atoms with Crippen molar-refractivity contribution in [3.63, 3.8) is 0 Å². The molecule has 3 aromatic rings. The van der Waals surface area contributed by atoms with Crippen LogP contribution in [-0.2, 0) is 12.8 Å². The standard InChI is InChI=1S/C18H16FN5O/c19-12-5-4-10(11(6-20)14(12)21)13-15(22)18(25)24-16-9-3-1-2-8(9)7-23-17(13)16/h4-7,20H,1-3,21-22H2,(H,24,25). The first-order valence-electron chi connectivity index (χ1n) is 7.94. The summed E-state index contributed by atoms with van der Waals surface area (Å²) in [4.78, 5) is 19.7. The summed E-state index contributed by atoms with van der Waals surface area (Å²) in [7, 11) is 0. The van der Waals surface area contributed by atoms with Gasteiger partial charge in [-0.05, 0) is 42.0 Å². The van der Waals surface area contributed by atoms with Gasteiger partial charge in [0.2, 0.25) is 0 Å². The fourth-order valence-corrected chi connectivity index (χ4v) is 3.55. The molecule has 6 nitrogen and oxygen atoms in total. The molecule has 0 radical (unpaired) electrons. The van der Waals surface area contributed by atoms with Gasteiger partial charge in [0.05, 0.1) is 16.7 Å². The monoisotopic (exact) mass is 337 g/mol. The number of nitrogens with zero attached hydrogens (tertiary/aromatic N) is 1. The highest BCUT2D eigenvalue weighted by Gasteiger charge is 2.22. The molecule has 2 aromatic heterocycles. The van der Waals surface area contributed by atoms with E-state index in [4.69, 9.17) is 16.9 Å². The van der Waals surface area contributed by atoms with Gasteiger partial charge in [0, 0.05) is 23.5 Å². The maximum Gasteiger partial charge on any atom is 0.272 e. The molecule has 7 heteroatoms. The van der Waals surface area contributed by atoms with E-state index < -0.39 is 11.4 Å². The predicted octanol–water partition coefficient (Wildman–Crippen LogP) is 2.38. The van der Waals surface area contributed by atoms with E-state index in [1.165, 1.54) is 12.1 Å². The normalized spacial score (nSPS) is 13.2. The molecule has 4 rings (SSSR count). The number of hydrogen-bond acceptors (Lipinski definition) is 5. The van der Waals surface area contributed by atoms with Crippen molar-refractivity contribution in [1.29, 1.82) is 5.41 Å². The smallest absolute Gasteiger partial charge is 0.272 e. The number of nitrogen functional groups attached to an aromatic ring is 2. The van der Waals surface area contributed by atoms with Crippen LogP contribution in [0.3, 0.4) is 0 Å². The van der Waals surface area contributed by atoms with E-state index in [2.05, 4.69) is 9.97 Å². The van der Waals surface area contributed by atoms with Crippen LogP contribution in [0.15, 0.2) is 23.1 Å². The predicted molar refractivity (Wildman–Crippen MR) is 96.5 cm³/mol. The summed E-state index contributed by atoms with van der Waals surface area (Å²) >= 11 is 0. The molecular weight excluding hydrogens is 321 g/mol. The Labute approximate surface area is 142 Å². The van der Waals surface area contributed by atoms with Crippen molar-refractivity contribution >= 4 is 28.6 Å². The lowest BCUT2D eigenvalue weighted by molar-refractivity contribution is 0.632. The highest BCUT2D eigenvalue weighted by atomic mass is 19.1. The Morgan fingerprint density at radius 2 is 2.04 bits per heavy atom. The molecule has 0 unspecified atom stereocenters. The van der Waals surface area contributed by atoms with Gasteiger partial charge in [-0.15, -0.1) is 0 Å². The number of nitrogens with one attached hydrogen (secondary N) is 2. The number of hydrogen-bond donors (Lipinski definition) is 4. The van der Waals surface area contributed by atoms with Crippen LogP contribution in [-0.4, -0.2) is 16.2 Å². The van der Waals surface area contributed by atoms with Crippen molar-refractivity contribution in [3.05, 3.63) is 51.2 Å². The molecule has 0 bridgehead atoms. The van der Waals surface area contributed by atoms with Gasteiger partial charge in [-0.3, -0.25) is 9.78 Å². The van der Waals surface area contributed by atoms with E-state index >= 15 is 0 Å². The third-order valence-corrected chi connectivity index (χ3v) is 4.79. The van der Waals surface area contributed by atoms with Crippen molar-refractivity contribution in [1.82, 2.24) is 9.97 Å². The van der Waals surface area contributed by atoms with E-state index in [1.807, 2.05) is 0 Å². The van der Waals surface area contributed by atoms with E-state index in [-0.39, 0.29) is 16.9 Å². The molecule has 2 heterocycles. The van der Waals surface area contributed by atoms with Gasteiger partial charge in [0.25, 0.3) is 5.56 Å². The quantitative estimate of drug-likeness (QED) is 0.423. The molecule has 6 N–H and O–H groups in total. The first kappa shape index (κ1) is 15.3. The van der Waals surface area contributed by atoms with Gasteiger partial charge in [-0.2, -0.15) is 0 Å². The Kier molecular flexibility index (Phi) is 3.31. The first-order valence-corrected chi connectivity index (χ1v) is 7.94. The van der Waals surface area contributed by atoms with Gasteiger partial charge in [-0.1, -0.05) is 6.07 Å². The molecule has 25 heavy (non-hydrogen) atoms. The molecule has 1 aliphatic carbocycles. The number of aromatic nitrogens is 2. The fourth-order valence-electron chi connectivity index (χ4n) is 3.55. The van der Waals surface area contributed by atoms with Crippen molar-refractivity contribution in [3.8, 4) is 11.1 Å². The fraction of sp³-hybridized carbons (Fsp3) is 0.167. The summed E-state index contributed by atoms with van der Waals surface area (Å²) in [6.45, 7) is 0. The van der Waals surface area contributed by atoms with E-state index in [1.54, 1.807) is 6.20 Å². The van der Waals surface area contributed by atoms with Crippen LogP contribution in [0, 0.1) is 11.2 Å². The SMILES string of the molecule is N=Cc1c(-c2c(N)c(=O)[nH]c3c4c(cnc23)CCC4)ccc(F)c1N. The second-order valence-electron chi connectivity index (χ2n) is 6.15. The summed E-state index contributed by atoms with van der Waals surface area (Å²) in [6.07, 6.45) is 5.55. The number of benzene rings is 1. The zero-order valence-electron chi connectivity index (χ0n) is 13.3. The largest absolute Gasteiger partial charge is 0.396 e. The molecule has 0 amide bonds. The van der Waals surface area contributed by atoms with Crippen molar-refractivity contribution in [2.75, 3.05) is 11.5 Å². The Hall–Kier alpha value is -3.22. The minimum absolute atomic E-state index is 0.0212. The number of pyridine rings is 2. The number of anilines is 2. The zero-order chi connectivity index (χ0) is 17.7. The molecule has 0 aliphatic heterocycles. The topological polar surface area (TPSA) is 122 Å². The number of rotatable bonds is 2. The van der Waals surface area contributed by atoms with Crippen LogP contribution in [0.2, 0.25) is 0 Å². The summed E-state index contributed by atoms with van der Waals surface area (Å²) in [5.74, 6) is -0.621. The second kappa shape index (κ2) is 5.41. The highest BCUT2D eigenvalue weighted by molar-refractivity contribution is 6.05. The molecular formula is C18H16FN5O. The lowest BCUT2D eigenvalue weighted by atomic mass is 9.95. The minimum Gasteiger partial charge on any atom is -0.396 e. The second-order valence-corrected chi connectivity index (χ2v) is 6.15. The summed E-state index contributed by atoms with van der Waals surface area (Å²) in [5, 5.41) is 7.61. The summed E-state index contributed by atoms with van der Waals surface area (Å²) in [5.41, 5.74) is 15.6. The van der Waals surface area contributed by atoms with Crippen LogP contribution in [0.5, 0.6) is 0 Å². The van der Waals surface area contributed by atoms with Crippen LogP contribution in [0.25, 0.3) is 22.2 Å². The van der Waals surface area contributed by atoms with Crippen molar-refractivity contribution < 1.29 is 4.39 Å². The number of nitrogens with two attached hydrogens (primary N) is 2. The maximum absolute atomic E-state index is 13.8. The molecule has 126 valence electrons. The molecule has 0 saturated carbocycles. The Morgan fingerprint density at radius 3 is 2.80 bits per heavy atom. The molecule has 0 atom stereocenters. The summed E-state index contributed by atoms with van der Waals surface area (Å²) < 4.78 is 13.8. The Morgan fingerprint density at radius 1 is 1.24 bits per heavy atom. The van der Waals surface area contributed by atoms with Gasteiger partial charge in [0.1, 0.15) is 11.5 Å². The lowest BCUT2D eigenvalue weighted by Gasteiger charge is -2.15. The molecule has 0 spiro atoms. The average molecular weight is 337 g/mol. The minimum atomic E-state index is -0.621.